The SMILES string of the molecule is CC(C)(C)O[C@@H]1C[C@H](NC(=O)CC#N)[C@@H]1n1cccn1. The zero-order chi connectivity index (χ0) is 14.8. The molecule has 0 unspecified atom stereocenters. The number of carbonyl (C=O) groups is 1. The van der Waals surface area contributed by atoms with Gasteiger partial charge in [-0.3, -0.25) is 9.48 Å². The summed E-state index contributed by atoms with van der Waals surface area (Å²) in [7, 11) is 0. The monoisotopic (exact) mass is 276 g/mol. The first-order valence-electron chi connectivity index (χ1n) is 6.74. The van der Waals surface area contributed by atoms with Crippen LogP contribution >= 0.6 is 0 Å². The Morgan fingerprint density at radius 3 is 2.90 bits per heavy atom. The van der Waals surface area contributed by atoms with E-state index in [0.717, 1.165) is 6.42 Å². The van der Waals surface area contributed by atoms with E-state index >= 15 is 0 Å². The molecule has 3 atom stereocenters. The average molecular weight is 276 g/mol. The minimum atomic E-state index is -0.246. The minimum absolute atomic E-state index is 0.0160. The predicted molar refractivity (Wildman–Crippen MR) is 72.7 cm³/mol. The number of nitrogens with one attached hydrogen (secondary N) is 1. The Morgan fingerprint density at radius 2 is 2.35 bits per heavy atom. The molecule has 1 aromatic heterocycles. The van der Waals surface area contributed by atoms with Gasteiger partial charge < -0.3 is 10.1 Å². The molecule has 1 aromatic rings. The van der Waals surface area contributed by atoms with Crippen molar-refractivity contribution in [3.8, 4) is 6.07 Å². The Labute approximate surface area is 118 Å². The highest BCUT2D eigenvalue weighted by Gasteiger charge is 2.46. The van der Waals surface area contributed by atoms with Crippen molar-refractivity contribution in [1.29, 1.82) is 5.26 Å². The fraction of sp³-hybridized carbons (Fsp3) is 0.643. The minimum Gasteiger partial charge on any atom is -0.370 e. The summed E-state index contributed by atoms with van der Waals surface area (Å²) in [4.78, 5) is 11.5. The summed E-state index contributed by atoms with van der Waals surface area (Å²) in [5.74, 6) is -0.246. The van der Waals surface area contributed by atoms with Gasteiger partial charge in [-0.1, -0.05) is 0 Å². The second kappa shape index (κ2) is 5.63. The standard InChI is InChI=1S/C14H20N4O2/c1-14(2,3)20-11-9-10(17-12(19)5-6-15)13(11)18-8-4-7-16-18/h4,7-8,10-11,13H,5,9H2,1-3H3,(H,17,19)/t10-,11+,13-/m0/s1. The lowest BCUT2D eigenvalue weighted by atomic mass is 9.82. The summed E-state index contributed by atoms with van der Waals surface area (Å²) in [6, 6.07) is 3.64. The molecule has 0 aromatic carbocycles. The van der Waals surface area contributed by atoms with Gasteiger partial charge in [0.25, 0.3) is 0 Å². The highest BCUT2D eigenvalue weighted by Crippen LogP contribution is 2.37. The van der Waals surface area contributed by atoms with Crippen LogP contribution in [0.1, 0.15) is 39.7 Å². The van der Waals surface area contributed by atoms with Gasteiger partial charge in [0.1, 0.15) is 6.42 Å². The van der Waals surface area contributed by atoms with Crippen molar-refractivity contribution in [3.63, 3.8) is 0 Å². The van der Waals surface area contributed by atoms with E-state index < -0.39 is 0 Å². The van der Waals surface area contributed by atoms with Crippen molar-refractivity contribution in [1.82, 2.24) is 15.1 Å². The van der Waals surface area contributed by atoms with E-state index in [2.05, 4.69) is 10.4 Å². The van der Waals surface area contributed by atoms with Crippen LogP contribution in [-0.4, -0.2) is 33.4 Å². The molecule has 0 radical (unpaired) electrons. The lowest BCUT2D eigenvalue weighted by Gasteiger charge is -2.46. The molecule has 1 aliphatic carbocycles. The van der Waals surface area contributed by atoms with Crippen molar-refractivity contribution < 1.29 is 9.53 Å². The van der Waals surface area contributed by atoms with Crippen LogP contribution in [0.5, 0.6) is 0 Å². The van der Waals surface area contributed by atoms with Gasteiger partial charge in [-0.15, -0.1) is 0 Å². The first-order valence-corrected chi connectivity index (χ1v) is 6.74. The molecule has 6 nitrogen and oxygen atoms in total. The Bertz CT molecular complexity index is 498. The number of ether oxygens (including phenoxy) is 1. The summed E-state index contributed by atoms with van der Waals surface area (Å²) in [6.07, 6.45) is 4.21. The van der Waals surface area contributed by atoms with Crippen LogP contribution < -0.4 is 5.32 Å². The average Bonchev–Trinajstić information content (AvgIpc) is 2.79. The quantitative estimate of drug-likeness (QED) is 0.901. The van der Waals surface area contributed by atoms with Crippen LogP contribution in [0.15, 0.2) is 18.5 Å². The molecule has 0 saturated heterocycles. The molecule has 0 spiro atoms. The second-order valence-electron chi connectivity index (χ2n) is 5.99. The molecule has 2 rings (SSSR count). The maximum Gasteiger partial charge on any atom is 0.234 e. The Balaban J connectivity index is 2.05. The molecule has 6 heteroatoms. The van der Waals surface area contributed by atoms with Gasteiger partial charge in [-0.25, -0.2) is 0 Å². The number of nitriles is 1. The fourth-order valence-corrected chi connectivity index (χ4v) is 2.45. The third-order valence-corrected chi connectivity index (χ3v) is 3.20. The molecule has 1 saturated carbocycles. The summed E-state index contributed by atoms with van der Waals surface area (Å²) >= 11 is 0. The number of nitrogens with zero attached hydrogens (tertiary/aromatic N) is 3. The number of hydrogen-bond donors (Lipinski definition) is 1. The van der Waals surface area contributed by atoms with Crippen LogP contribution in [0.4, 0.5) is 0 Å². The van der Waals surface area contributed by atoms with Crippen LogP contribution in [0.25, 0.3) is 0 Å². The Hall–Kier alpha value is -1.87. The molecule has 108 valence electrons. The van der Waals surface area contributed by atoms with Crippen molar-refractivity contribution in [3.05, 3.63) is 18.5 Å². The van der Waals surface area contributed by atoms with Crippen molar-refractivity contribution in [2.75, 3.05) is 0 Å². The molecule has 0 bridgehead atoms. The van der Waals surface area contributed by atoms with Gasteiger partial charge in [0.15, 0.2) is 0 Å². The van der Waals surface area contributed by atoms with Gasteiger partial charge in [0.2, 0.25) is 5.91 Å². The van der Waals surface area contributed by atoms with E-state index in [-0.39, 0.29) is 36.1 Å². The number of hydrogen-bond acceptors (Lipinski definition) is 4. The van der Waals surface area contributed by atoms with Crippen molar-refractivity contribution >= 4 is 5.91 Å². The number of rotatable bonds is 4. The van der Waals surface area contributed by atoms with Gasteiger partial charge in [-0.05, 0) is 33.3 Å². The number of amides is 1. The first-order chi connectivity index (χ1) is 9.40. The van der Waals surface area contributed by atoms with E-state index in [4.69, 9.17) is 10.00 Å². The lowest BCUT2D eigenvalue weighted by Crippen LogP contribution is -2.58. The summed E-state index contributed by atoms with van der Waals surface area (Å²) in [6.45, 7) is 6.03. The lowest BCUT2D eigenvalue weighted by molar-refractivity contribution is -0.142. The molecule has 1 N–H and O–H groups in total. The van der Waals surface area contributed by atoms with E-state index in [9.17, 15) is 4.79 Å². The largest absolute Gasteiger partial charge is 0.370 e. The fourth-order valence-electron chi connectivity index (χ4n) is 2.45. The summed E-state index contributed by atoms with van der Waals surface area (Å²) in [5.41, 5.74) is -0.238. The first kappa shape index (κ1) is 14.5. The normalized spacial score (nSPS) is 25.6. The topological polar surface area (TPSA) is 79.9 Å². The van der Waals surface area contributed by atoms with Crippen LogP contribution in [0, 0.1) is 11.3 Å². The van der Waals surface area contributed by atoms with E-state index in [1.54, 1.807) is 6.20 Å². The number of aromatic nitrogens is 2. The van der Waals surface area contributed by atoms with Crippen LogP contribution in [0.2, 0.25) is 0 Å². The summed E-state index contributed by atoms with van der Waals surface area (Å²) in [5, 5.41) is 15.7. The molecule has 1 amide bonds. The summed E-state index contributed by atoms with van der Waals surface area (Å²) < 4.78 is 7.82. The van der Waals surface area contributed by atoms with Gasteiger partial charge in [0, 0.05) is 12.4 Å². The van der Waals surface area contributed by atoms with Crippen LogP contribution in [0.3, 0.4) is 0 Å². The van der Waals surface area contributed by atoms with E-state index in [1.807, 2.05) is 43.8 Å². The van der Waals surface area contributed by atoms with Gasteiger partial charge >= 0.3 is 0 Å². The zero-order valence-corrected chi connectivity index (χ0v) is 12.0. The smallest absolute Gasteiger partial charge is 0.234 e. The molecule has 1 aliphatic rings. The second-order valence-corrected chi connectivity index (χ2v) is 5.99. The molecule has 0 aliphatic heterocycles. The third kappa shape index (κ3) is 3.36. The molecule has 1 heterocycles. The third-order valence-electron chi connectivity index (χ3n) is 3.20. The molecule has 1 fully saturated rings. The maximum atomic E-state index is 11.5. The zero-order valence-electron chi connectivity index (χ0n) is 12.0. The highest BCUT2D eigenvalue weighted by molar-refractivity contribution is 5.78. The molecule has 20 heavy (non-hydrogen) atoms. The number of carbonyl (C=O) groups excluding carboxylic acids is 1. The predicted octanol–water partition coefficient (Wildman–Crippen LogP) is 1.41. The molecular formula is C14H20N4O2. The van der Waals surface area contributed by atoms with Crippen molar-refractivity contribution in [2.45, 2.75) is 57.4 Å². The van der Waals surface area contributed by atoms with E-state index in [0.29, 0.717) is 0 Å². The van der Waals surface area contributed by atoms with Gasteiger partial charge in [0.05, 0.1) is 29.9 Å². The van der Waals surface area contributed by atoms with Crippen LogP contribution in [-0.2, 0) is 9.53 Å². The Kier molecular flexibility index (Phi) is 4.09. The van der Waals surface area contributed by atoms with E-state index in [1.165, 1.54) is 0 Å². The van der Waals surface area contributed by atoms with Gasteiger partial charge in [-0.2, -0.15) is 10.4 Å². The molecular weight excluding hydrogens is 256 g/mol. The van der Waals surface area contributed by atoms with Crippen molar-refractivity contribution in [2.24, 2.45) is 0 Å². The highest BCUT2D eigenvalue weighted by atomic mass is 16.5. The maximum absolute atomic E-state index is 11.5. The Morgan fingerprint density at radius 1 is 1.60 bits per heavy atom.